The van der Waals surface area contributed by atoms with Gasteiger partial charge in [-0.15, -0.1) is 16.4 Å². The molecule has 20 heavy (non-hydrogen) atoms. The summed E-state index contributed by atoms with van der Waals surface area (Å²) in [5, 5.41) is 19.9. The molecule has 0 aliphatic rings. The monoisotopic (exact) mass is 281 g/mol. The number of thiazole rings is 1. The number of hydrogen-bond donors (Lipinski definition) is 0. The van der Waals surface area contributed by atoms with E-state index in [1.807, 2.05) is 43.5 Å². The first-order valence-corrected chi connectivity index (χ1v) is 6.92. The second-order valence-electron chi connectivity index (χ2n) is 4.45. The van der Waals surface area contributed by atoms with E-state index < -0.39 is 0 Å². The fourth-order valence-electron chi connectivity index (χ4n) is 1.90. The SMILES string of the molecule is Cc1ccc(-c2c(C#N)nnn2-c2nc(C)cs2)cc1. The van der Waals surface area contributed by atoms with Crippen LogP contribution in [0.2, 0.25) is 0 Å². The highest BCUT2D eigenvalue weighted by atomic mass is 32.1. The summed E-state index contributed by atoms with van der Waals surface area (Å²) in [4.78, 5) is 4.40. The first kappa shape index (κ1) is 12.5. The Morgan fingerprint density at radius 1 is 1.20 bits per heavy atom. The van der Waals surface area contributed by atoms with E-state index in [9.17, 15) is 5.26 Å². The number of aromatic nitrogens is 4. The van der Waals surface area contributed by atoms with Gasteiger partial charge in [-0.3, -0.25) is 0 Å². The predicted molar refractivity (Wildman–Crippen MR) is 76.7 cm³/mol. The van der Waals surface area contributed by atoms with Gasteiger partial charge in [-0.25, -0.2) is 4.98 Å². The molecule has 2 aromatic heterocycles. The predicted octanol–water partition coefficient (Wildman–Crippen LogP) is 2.88. The van der Waals surface area contributed by atoms with Crippen LogP contribution < -0.4 is 0 Å². The zero-order valence-electron chi connectivity index (χ0n) is 11.0. The lowest BCUT2D eigenvalue weighted by Crippen LogP contribution is -1.99. The van der Waals surface area contributed by atoms with Crippen LogP contribution in [0.4, 0.5) is 0 Å². The van der Waals surface area contributed by atoms with E-state index in [-0.39, 0.29) is 0 Å². The average molecular weight is 281 g/mol. The molecule has 3 rings (SSSR count). The van der Waals surface area contributed by atoms with Crippen LogP contribution in [0.15, 0.2) is 29.6 Å². The van der Waals surface area contributed by atoms with Gasteiger partial charge in [-0.2, -0.15) is 9.94 Å². The van der Waals surface area contributed by atoms with E-state index in [1.165, 1.54) is 11.3 Å². The molecule has 1 aromatic carbocycles. The van der Waals surface area contributed by atoms with Gasteiger partial charge in [-0.05, 0) is 13.8 Å². The summed E-state index contributed by atoms with van der Waals surface area (Å²) in [5.41, 5.74) is 3.98. The Hall–Kier alpha value is -2.52. The Labute approximate surface area is 120 Å². The molecule has 2 heterocycles. The number of rotatable bonds is 2. The largest absolute Gasteiger partial charge is 0.224 e. The molecule has 0 aliphatic heterocycles. The van der Waals surface area contributed by atoms with Crippen molar-refractivity contribution in [1.29, 1.82) is 5.26 Å². The van der Waals surface area contributed by atoms with Crippen LogP contribution in [-0.2, 0) is 0 Å². The second kappa shape index (κ2) is 4.87. The number of nitrogens with zero attached hydrogens (tertiary/aromatic N) is 5. The lowest BCUT2D eigenvalue weighted by atomic mass is 10.1. The van der Waals surface area contributed by atoms with Crippen molar-refractivity contribution in [3.63, 3.8) is 0 Å². The molecule has 0 unspecified atom stereocenters. The zero-order chi connectivity index (χ0) is 14.1. The molecule has 3 aromatic rings. The van der Waals surface area contributed by atoms with Gasteiger partial charge in [0.15, 0.2) is 5.69 Å². The number of benzene rings is 1. The van der Waals surface area contributed by atoms with E-state index in [0.29, 0.717) is 16.5 Å². The lowest BCUT2D eigenvalue weighted by Gasteiger charge is -2.04. The summed E-state index contributed by atoms with van der Waals surface area (Å²) in [6.07, 6.45) is 0. The standard InChI is InChI=1S/C14H11N5S/c1-9-3-5-11(6-4-9)13-12(7-15)17-18-19(13)14-16-10(2)8-20-14/h3-6,8H,1-2H3. The fraction of sp³-hybridized carbons (Fsp3) is 0.143. The first-order chi connectivity index (χ1) is 9.69. The number of aryl methyl sites for hydroxylation is 2. The van der Waals surface area contributed by atoms with E-state index >= 15 is 0 Å². The van der Waals surface area contributed by atoms with Crippen LogP contribution in [0.25, 0.3) is 16.4 Å². The van der Waals surface area contributed by atoms with Gasteiger partial charge in [0.1, 0.15) is 11.8 Å². The quantitative estimate of drug-likeness (QED) is 0.724. The Balaban J connectivity index is 2.21. The van der Waals surface area contributed by atoms with Crippen LogP contribution in [-0.4, -0.2) is 20.0 Å². The summed E-state index contributed by atoms with van der Waals surface area (Å²) in [7, 11) is 0. The van der Waals surface area contributed by atoms with Gasteiger partial charge in [0.05, 0.1) is 5.69 Å². The highest BCUT2D eigenvalue weighted by Gasteiger charge is 2.17. The molecule has 0 saturated carbocycles. The minimum absolute atomic E-state index is 0.307. The van der Waals surface area contributed by atoms with Crippen molar-refractivity contribution >= 4 is 11.3 Å². The molecular formula is C14H11N5S. The van der Waals surface area contributed by atoms with Gasteiger partial charge >= 0.3 is 0 Å². The third-order valence-electron chi connectivity index (χ3n) is 2.89. The fourth-order valence-corrected chi connectivity index (χ4v) is 2.65. The van der Waals surface area contributed by atoms with Crippen LogP contribution >= 0.6 is 11.3 Å². The van der Waals surface area contributed by atoms with Gasteiger partial charge in [0, 0.05) is 10.9 Å². The molecule has 98 valence electrons. The Morgan fingerprint density at radius 2 is 1.95 bits per heavy atom. The molecular weight excluding hydrogens is 270 g/mol. The Kier molecular flexibility index (Phi) is 3.05. The van der Waals surface area contributed by atoms with Crippen molar-refractivity contribution in [2.45, 2.75) is 13.8 Å². The van der Waals surface area contributed by atoms with Gasteiger partial charge < -0.3 is 0 Å². The zero-order valence-corrected chi connectivity index (χ0v) is 11.8. The smallest absolute Gasteiger partial charge is 0.212 e. The average Bonchev–Trinajstić information content (AvgIpc) is 3.05. The molecule has 0 saturated heterocycles. The third-order valence-corrected chi connectivity index (χ3v) is 3.82. The summed E-state index contributed by atoms with van der Waals surface area (Å²) in [5.74, 6) is 0. The van der Waals surface area contributed by atoms with Crippen LogP contribution in [0, 0.1) is 25.2 Å². The molecule has 0 bridgehead atoms. The number of hydrogen-bond acceptors (Lipinski definition) is 5. The number of nitriles is 1. The topological polar surface area (TPSA) is 67.4 Å². The highest BCUT2D eigenvalue weighted by Crippen LogP contribution is 2.26. The maximum atomic E-state index is 9.22. The maximum Gasteiger partial charge on any atom is 0.212 e. The molecule has 0 fully saturated rings. The summed E-state index contributed by atoms with van der Waals surface area (Å²) < 4.78 is 1.63. The highest BCUT2D eigenvalue weighted by molar-refractivity contribution is 7.12. The molecule has 0 spiro atoms. The molecule has 0 amide bonds. The van der Waals surface area contributed by atoms with Crippen LogP contribution in [0.1, 0.15) is 17.0 Å². The van der Waals surface area contributed by atoms with Crippen molar-refractivity contribution < 1.29 is 0 Å². The van der Waals surface area contributed by atoms with E-state index in [0.717, 1.165) is 16.8 Å². The Bertz CT molecular complexity index is 792. The van der Waals surface area contributed by atoms with E-state index in [1.54, 1.807) is 4.68 Å². The van der Waals surface area contributed by atoms with Crippen LogP contribution in [0.3, 0.4) is 0 Å². The van der Waals surface area contributed by atoms with E-state index in [2.05, 4.69) is 21.4 Å². The van der Waals surface area contributed by atoms with Gasteiger partial charge in [0.2, 0.25) is 5.13 Å². The third kappa shape index (κ3) is 2.08. The molecule has 0 atom stereocenters. The molecule has 0 aliphatic carbocycles. The van der Waals surface area contributed by atoms with Crippen molar-refractivity contribution in [2.75, 3.05) is 0 Å². The van der Waals surface area contributed by atoms with E-state index in [4.69, 9.17) is 0 Å². The van der Waals surface area contributed by atoms with Crippen LogP contribution in [0.5, 0.6) is 0 Å². The Morgan fingerprint density at radius 3 is 2.55 bits per heavy atom. The first-order valence-electron chi connectivity index (χ1n) is 6.04. The molecule has 0 N–H and O–H groups in total. The minimum atomic E-state index is 0.307. The lowest BCUT2D eigenvalue weighted by molar-refractivity contribution is 0.798. The summed E-state index contributed by atoms with van der Waals surface area (Å²) in [6.45, 7) is 3.95. The summed E-state index contributed by atoms with van der Waals surface area (Å²) >= 11 is 1.48. The van der Waals surface area contributed by atoms with Gasteiger partial charge in [0.25, 0.3) is 0 Å². The molecule has 6 heteroatoms. The normalized spacial score (nSPS) is 10.4. The minimum Gasteiger partial charge on any atom is -0.224 e. The van der Waals surface area contributed by atoms with Gasteiger partial charge in [-0.1, -0.05) is 35.0 Å². The molecule has 5 nitrogen and oxygen atoms in total. The van der Waals surface area contributed by atoms with Crippen molar-refractivity contribution in [1.82, 2.24) is 20.0 Å². The van der Waals surface area contributed by atoms with Crippen molar-refractivity contribution in [2.24, 2.45) is 0 Å². The summed E-state index contributed by atoms with van der Waals surface area (Å²) in [6, 6.07) is 10.0. The maximum absolute atomic E-state index is 9.22. The molecule has 0 radical (unpaired) electrons. The van der Waals surface area contributed by atoms with Crippen molar-refractivity contribution in [3.8, 4) is 22.5 Å². The second-order valence-corrected chi connectivity index (χ2v) is 5.28. The van der Waals surface area contributed by atoms with Crippen molar-refractivity contribution in [3.05, 3.63) is 46.6 Å².